The highest BCUT2D eigenvalue weighted by Crippen LogP contribution is 2.25. The Balaban J connectivity index is 1.94. The minimum absolute atomic E-state index is 0.364. The second-order valence-electron chi connectivity index (χ2n) is 4.76. The lowest BCUT2D eigenvalue weighted by atomic mass is 9.88. The summed E-state index contributed by atoms with van der Waals surface area (Å²) in [7, 11) is 0. The Labute approximate surface area is 94.0 Å². The van der Waals surface area contributed by atoms with Crippen molar-refractivity contribution in [3.05, 3.63) is 0 Å². The molecule has 0 aromatic carbocycles. The Hall–Kier alpha value is -0.0800. The molecule has 2 nitrogen and oxygen atoms in total. The zero-order valence-electron chi connectivity index (χ0n) is 10.1. The van der Waals surface area contributed by atoms with Gasteiger partial charge >= 0.3 is 0 Å². The van der Waals surface area contributed by atoms with E-state index in [-0.39, 0.29) is 0 Å². The maximum absolute atomic E-state index is 9.01. The summed E-state index contributed by atoms with van der Waals surface area (Å²) in [5.41, 5.74) is 0. The van der Waals surface area contributed by atoms with Crippen LogP contribution < -0.4 is 0 Å². The Morgan fingerprint density at radius 3 is 2.40 bits per heavy atom. The third kappa shape index (κ3) is 5.53. The van der Waals surface area contributed by atoms with Crippen molar-refractivity contribution in [2.75, 3.05) is 13.2 Å². The van der Waals surface area contributed by atoms with E-state index in [9.17, 15) is 0 Å². The predicted octanol–water partition coefficient (Wildman–Crippen LogP) is 3.13. The fourth-order valence-electron chi connectivity index (χ4n) is 2.26. The molecule has 0 atom stereocenters. The zero-order chi connectivity index (χ0) is 10.9. The molecule has 0 heterocycles. The van der Waals surface area contributed by atoms with E-state index in [1.54, 1.807) is 0 Å². The summed E-state index contributed by atoms with van der Waals surface area (Å²) in [6.07, 6.45) is 10.2. The summed E-state index contributed by atoms with van der Waals surface area (Å²) in [6.45, 7) is 3.54. The first-order valence-electron chi connectivity index (χ1n) is 6.59. The van der Waals surface area contributed by atoms with E-state index in [1.165, 1.54) is 25.7 Å². The first kappa shape index (κ1) is 13.0. The molecule has 0 radical (unpaired) electrons. The summed E-state index contributed by atoms with van der Waals surface area (Å²) in [5, 5.41) is 9.01. The lowest BCUT2D eigenvalue weighted by Crippen LogP contribution is -2.23. The molecule has 0 amide bonds. The Morgan fingerprint density at radius 1 is 1.07 bits per heavy atom. The summed E-state index contributed by atoms with van der Waals surface area (Å²) >= 11 is 0. The van der Waals surface area contributed by atoms with Crippen molar-refractivity contribution in [1.82, 2.24) is 0 Å². The second-order valence-corrected chi connectivity index (χ2v) is 4.76. The Bertz CT molecular complexity index is 139. The van der Waals surface area contributed by atoms with Crippen LogP contribution in [0.4, 0.5) is 0 Å². The molecule has 1 rings (SSSR count). The number of unbranched alkanes of at least 4 members (excludes halogenated alkanes) is 3. The SMILES string of the molecule is CCCCCCOC1CCC(CO)CC1. The predicted molar refractivity (Wildman–Crippen MR) is 62.9 cm³/mol. The van der Waals surface area contributed by atoms with Crippen LogP contribution in [0.25, 0.3) is 0 Å². The van der Waals surface area contributed by atoms with Crippen molar-refractivity contribution in [3.8, 4) is 0 Å². The normalized spacial score (nSPS) is 26.8. The van der Waals surface area contributed by atoms with Crippen LogP contribution in [0.2, 0.25) is 0 Å². The number of aliphatic hydroxyl groups excluding tert-OH is 1. The lowest BCUT2D eigenvalue weighted by Gasteiger charge is -2.27. The van der Waals surface area contributed by atoms with Crippen molar-refractivity contribution < 1.29 is 9.84 Å². The maximum atomic E-state index is 9.01. The number of aliphatic hydroxyl groups is 1. The second kappa shape index (κ2) is 8.12. The smallest absolute Gasteiger partial charge is 0.0575 e. The summed E-state index contributed by atoms with van der Waals surface area (Å²) < 4.78 is 5.84. The van der Waals surface area contributed by atoms with Gasteiger partial charge in [0.1, 0.15) is 0 Å². The molecular weight excluding hydrogens is 188 g/mol. The van der Waals surface area contributed by atoms with Crippen LogP contribution in [0.1, 0.15) is 58.3 Å². The summed E-state index contributed by atoms with van der Waals surface area (Å²) in [5.74, 6) is 0.546. The number of hydrogen-bond acceptors (Lipinski definition) is 2. The molecule has 0 aliphatic heterocycles. The molecule has 0 saturated heterocycles. The quantitative estimate of drug-likeness (QED) is 0.660. The number of rotatable bonds is 7. The standard InChI is InChI=1S/C13H26O2/c1-2-3-4-5-10-15-13-8-6-12(11-14)7-9-13/h12-14H,2-11H2,1H3. The molecule has 15 heavy (non-hydrogen) atoms. The molecule has 1 fully saturated rings. The van der Waals surface area contributed by atoms with Crippen LogP contribution in [0, 0.1) is 5.92 Å². The van der Waals surface area contributed by atoms with Gasteiger partial charge in [0.05, 0.1) is 6.10 Å². The highest BCUT2D eigenvalue weighted by atomic mass is 16.5. The molecular formula is C13H26O2. The molecule has 0 aromatic rings. The first-order valence-corrected chi connectivity index (χ1v) is 6.59. The van der Waals surface area contributed by atoms with E-state index in [2.05, 4.69) is 6.92 Å². The van der Waals surface area contributed by atoms with Gasteiger partial charge in [0, 0.05) is 13.2 Å². The van der Waals surface area contributed by atoms with E-state index in [0.29, 0.717) is 18.6 Å². The molecule has 1 N–H and O–H groups in total. The Kier molecular flexibility index (Phi) is 7.03. The third-order valence-corrected chi connectivity index (χ3v) is 3.40. The van der Waals surface area contributed by atoms with Crippen molar-refractivity contribution in [2.24, 2.45) is 5.92 Å². The van der Waals surface area contributed by atoms with Crippen LogP contribution in [0.15, 0.2) is 0 Å². The monoisotopic (exact) mass is 214 g/mol. The Morgan fingerprint density at radius 2 is 1.80 bits per heavy atom. The van der Waals surface area contributed by atoms with E-state index >= 15 is 0 Å². The van der Waals surface area contributed by atoms with Gasteiger partial charge in [-0.05, 0) is 38.0 Å². The van der Waals surface area contributed by atoms with Gasteiger partial charge in [-0.2, -0.15) is 0 Å². The lowest BCUT2D eigenvalue weighted by molar-refractivity contribution is 0.00966. The van der Waals surface area contributed by atoms with Gasteiger partial charge in [0.15, 0.2) is 0 Å². The van der Waals surface area contributed by atoms with Gasteiger partial charge in [0.2, 0.25) is 0 Å². The van der Waals surface area contributed by atoms with Crippen molar-refractivity contribution in [2.45, 2.75) is 64.4 Å². The van der Waals surface area contributed by atoms with E-state index in [0.717, 1.165) is 32.3 Å². The van der Waals surface area contributed by atoms with E-state index < -0.39 is 0 Å². The van der Waals surface area contributed by atoms with Crippen LogP contribution in [-0.4, -0.2) is 24.4 Å². The number of ether oxygens (including phenoxy) is 1. The molecule has 1 aliphatic carbocycles. The molecule has 2 heteroatoms. The van der Waals surface area contributed by atoms with Gasteiger partial charge < -0.3 is 9.84 Å². The summed E-state index contributed by atoms with van der Waals surface area (Å²) in [6, 6.07) is 0. The van der Waals surface area contributed by atoms with Crippen molar-refractivity contribution in [3.63, 3.8) is 0 Å². The molecule has 0 bridgehead atoms. The van der Waals surface area contributed by atoms with Crippen molar-refractivity contribution >= 4 is 0 Å². The van der Waals surface area contributed by atoms with E-state index in [4.69, 9.17) is 9.84 Å². The molecule has 0 unspecified atom stereocenters. The van der Waals surface area contributed by atoms with Gasteiger partial charge in [-0.25, -0.2) is 0 Å². The molecule has 1 saturated carbocycles. The molecule has 1 aliphatic rings. The average Bonchev–Trinajstić information content (AvgIpc) is 2.30. The van der Waals surface area contributed by atoms with Gasteiger partial charge in [-0.15, -0.1) is 0 Å². The van der Waals surface area contributed by atoms with Gasteiger partial charge in [0.25, 0.3) is 0 Å². The first-order chi connectivity index (χ1) is 7.36. The molecule has 0 aromatic heterocycles. The topological polar surface area (TPSA) is 29.5 Å². The minimum Gasteiger partial charge on any atom is -0.396 e. The van der Waals surface area contributed by atoms with Crippen molar-refractivity contribution in [1.29, 1.82) is 0 Å². The average molecular weight is 214 g/mol. The van der Waals surface area contributed by atoms with Crippen LogP contribution in [0.5, 0.6) is 0 Å². The highest BCUT2D eigenvalue weighted by Gasteiger charge is 2.20. The maximum Gasteiger partial charge on any atom is 0.0575 e. The van der Waals surface area contributed by atoms with Crippen LogP contribution in [-0.2, 0) is 4.74 Å². The van der Waals surface area contributed by atoms with Gasteiger partial charge in [-0.1, -0.05) is 26.2 Å². The van der Waals surface area contributed by atoms with Crippen LogP contribution >= 0.6 is 0 Å². The zero-order valence-corrected chi connectivity index (χ0v) is 10.1. The van der Waals surface area contributed by atoms with E-state index in [1.807, 2.05) is 0 Å². The third-order valence-electron chi connectivity index (χ3n) is 3.40. The molecule has 0 spiro atoms. The largest absolute Gasteiger partial charge is 0.396 e. The van der Waals surface area contributed by atoms with Crippen LogP contribution in [0.3, 0.4) is 0 Å². The van der Waals surface area contributed by atoms with Gasteiger partial charge in [-0.3, -0.25) is 0 Å². The fourth-order valence-corrected chi connectivity index (χ4v) is 2.26. The number of hydrogen-bond donors (Lipinski definition) is 1. The fraction of sp³-hybridized carbons (Fsp3) is 1.00. The minimum atomic E-state index is 0.364. The molecule has 90 valence electrons. The highest BCUT2D eigenvalue weighted by molar-refractivity contribution is 4.72. The summed E-state index contributed by atoms with van der Waals surface area (Å²) in [4.78, 5) is 0.